The fourth-order valence-corrected chi connectivity index (χ4v) is 1.52. The molecule has 0 aliphatic carbocycles. The smallest absolute Gasteiger partial charge is 0.223 e. The van der Waals surface area contributed by atoms with E-state index in [1.807, 2.05) is 19.1 Å². The van der Waals surface area contributed by atoms with E-state index in [-0.39, 0.29) is 5.91 Å². The standard InChI is InChI=1S/C13H17NO2/c1-3-9-14(10-4-2)13(15)8-7-12-6-5-11-16-12/h1,5-6,11H,4,7-10H2,2H3. The van der Waals surface area contributed by atoms with Gasteiger partial charge < -0.3 is 9.32 Å². The summed E-state index contributed by atoms with van der Waals surface area (Å²) in [6.07, 6.45) is 8.86. The zero-order valence-corrected chi connectivity index (χ0v) is 9.61. The van der Waals surface area contributed by atoms with Gasteiger partial charge in [0.25, 0.3) is 0 Å². The molecule has 0 aromatic carbocycles. The second kappa shape index (κ2) is 6.73. The summed E-state index contributed by atoms with van der Waals surface area (Å²) in [7, 11) is 0. The van der Waals surface area contributed by atoms with Gasteiger partial charge in [0.15, 0.2) is 0 Å². The normalized spacial score (nSPS) is 9.75. The molecule has 1 aromatic heterocycles. The molecule has 3 heteroatoms. The van der Waals surface area contributed by atoms with Gasteiger partial charge in [0, 0.05) is 19.4 Å². The van der Waals surface area contributed by atoms with Crippen LogP contribution in [0.2, 0.25) is 0 Å². The van der Waals surface area contributed by atoms with Crippen molar-refractivity contribution in [3.05, 3.63) is 24.2 Å². The summed E-state index contributed by atoms with van der Waals surface area (Å²) in [5.41, 5.74) is 0. The number of furan rings is 1. The number of amides is 1. The summed E-state index contributed by atoms with van der Waals surface area (Å²) in [4.78, 5) is 13.5. The summed E-state index contributed by atoms with van der Waals surface area (Å²) in [6.45, 7) is 3.15. The van der Waals surface area contributed by atoms with Gasteiger partial charge in [-0.25, -0.2) is 0 Å². The van der Waals surface area contributed by atoms with E-state index in [9.17, 15) is 4.79 Å². The molecule has 1 aromatic rings. The van der Waals surface area contributed by atoms with Gasteiger partial charge in [-0.05, 0) is 18.6 Å². The van der Waals surface area contributed by atoms with Crippen LogP contribution >= 0.6 is 0 Å². The van der Waals surface area contributed by atoms with Crippen molar-refractivity contribution in [3.8, 4) is 12.3 Å². The highest BCUT2D eigenvalue weighted by Gasteiger charge is 2.11. The fourth-order valence-electron chi connectivity index (χ4n) is 1.52. The van der Waals surface area contributed by atoms with Crippen LogP contribution in [0.25, 0.3) is 0 Å². The van der Waals surface area contributed by atoms with Gasteiger partial charge in [-0.15, -0.1) is 6.42 Å². The Kier molecular flexibility index (Phi) is 5.21. The maximum absolute atomic E-state index is 11.8. The molecule has 0 bridgehead atoms. The van der Waals surface area contributed by atoms with Crippen molar-refractivity contribution in [2.45, 2.75) is 26.2 Å². The van der Waals surface area contributed by atoms with Crippen LogP contribution in [0, 0.1) is 12.3 Å². The summed E-state index contributed by atoms with van der Waals surface area (Å²) in [5.74, 6) is 3.44. The third kappa shape index (κ3) is 3.82. The van der Waals surface area contributed by atoms with E-state index in [1.54, 1.807) is 11.2 Å². The van der Waals surface area contributed by atoms with Crippen LogP contribution in [0.4, 0.5) is 0 Å². The first-order valence-electron chi connectivity index (χ1n) is 5.51. The third-order valence-electron chi connectivity index (χ3n) is 2.29. The molecule has 0 saturated carbocycles. The van der Waals surface area contributed by atoms with Gasteiger partial charge in [-0.3, -0.25) is 4.79 Å². The Morgan fingerprint density at radius 1 is 1.62 bits per heavy atom. The Morgan fingerprint density at radius 2 is 2.44 bits per heavy atom. The second-order valence-corrected chi connectivity index (χ2v) is 3.60. The quantitative estimate of drug-likeness (QED) is 0.686. The number of hydrogen-bond acceptors (Lipinski definition) is 2. The lowest BCUT2D eigenvalue weighted by molar-refractivity contribution is -0.130. The van der Waals surface area contributed by atoms with Crippen molar-refractivity contribution < 1.29 is 9.21 Å². The predicted octanol–water partition coefficient (Wildman–Crippen LogP) is 2.08. The van der Waals surface area contributed by atoms with Crippen molar-refractivity contribution in [3.63, 3.8) is 0 Å². The topological polar surface area (TPSA) is 33.5 Å². The molecule has 0 aliphatic heterocycles. The molecule has 0 aliphatic rings. The SMILES string of the molecule is C#CCN(CCC)C(=O)CCc1ccco1. The van der Waals surface area contributed by atoms with Crippen molar-refractivity contribution in [2.75, 3.05) is 13.1 Å². The Hall–Kier alpha value is -1.69. The number of aryl methyl sites for hydroxylation is 1. The lowest BCUT2D eigenvalue weighted by Crippen LogP contribution is -2.32. The average Bonchev–Trinajstić information content (AvgIpc) is 2.78. The Balaban J connectivity index is 2.40. The van der Waals surface area contributed by atoms with E-state index in [0.29, 0.717) is 19.4 Å². The first-order chi connectivity index (χ1) is 7.77. The highest BCUT2D eigenvalue weighted by atomic mass is 16.3. The highest BCUT2D eigenvalue weighted by Crippen LogP contribution is 2.06. The summed E-state index contributed by atoms with van der Waals surface area (Å²) < 4.78 is 5.17. The van der Waals surface area contributed by atoms with Crippen molar-refractivity contribution >= 4 is 5.91 Å². The number of hydrogen-bond donors (Lipinski definition) is 0. The van der Waals surface area contributed by atoms with Crippen LogP contribution in [-0.2, 0) is 11.2 Å². The summed E-state index contributed by atoms with van der Waals surface area (Å²) >= 11 is 0. The minimum Gasteiger partial charge on any atom is -0.469 e. The number of terminal acetylenes is 1. The maximum Gasteiger partial charge on any atom is 0.223 e. The number of carbonyl (C=O) groups is 1. The van der Waals surface area contributed by atoms with Gasteiger partial charge in [0.05, 0.1) is 12.8 Å². The predicted molar refractivity (Wildman–Crippen MR) is 62.7 cm³/mol. The van der Waals surface area contributed by atoms with E-state index in [0.717, 1.165) is 18.7 Å². The van der Waals surface area contributed by atoms with Crippen LogP contribution in [-0.4, -0.2) is 23.9 Å². The first kappa shape index (κ1) is 12.4. The molecular weight excluding hydrogens is 202 g/mol. The largest absolute Gasteiger partial charge is 0.469 e. The van der Waals surface area contributed by atoms with E-state index in [4.69, 9.17) is 10.8 Å². The van der Waals surface area contributed by atoms with E-state index < -0.39 is 0 Å². The number of carbonyl (C=O) groups excluding carboxylic acids is 1. The van der Waals surface area contributed by atoms with Crippen LogP contribution in [0.5, 0.6) is 0 Å². The molecule has 1 amide bonds. The molecule has 3 nitrogen and oxygen atoms in total. The molecule has 1 heterocycles. The molecule has 1 rings (SSSR count). The Bertz CT molecular complexity index is 349. The molecular formula is C13H17NO2. The zero-order chi connectivity index (χ0) is 11.8. The summed E-state index contributed by atoms with van der Waals surface area (Å²) in [6, 6.07) is 3.70. The minimum absolute atomic E-state index is 0.0937. The van der Waals surface area contributed by atoms with Crippen LogP contribution in [0.15, 0.2) is 22.8 Å². The minimum atomic E-state index is 0.0937. The fraction of sp³-hybridized carbons (Fsp3) is 0.462. The molecule has 0 unspecified atom stereocenters. The van der Waals surface area contributed by atoms with Crippen molar-refractivity contribution in [1.29, 1.82) is 0 Å². The molecule has 0 radical (unpaired) electrons. The first-order valence-corrected chi connectivity index (χ1v) is 5.51. The summed E-state index contributed by atoms with van der Waals surface area (Å²) in [5, 5.41) is 0. The van der Waals surface area contributed by atoms with Gasteiger partial charge in [0.1, 0.15) is 5.76 Å². The van der Waals surface area contributed by atoms with Gasteiger partial charge in [-0.2, -0.15) is 0 Å². The van der Waals surface area contributed by atoms with Crippen LogP contribution in [0.1, 0.15) is 25.5 Å². The molecule has 16 heavy (non-hydrogen) atoms. The van der Waals surface area contributed by atoms with E-state index in [2.05, 4.69) is 5.92 Å². The van der Waals surface area contributed by atoms with Gasteiger partial charge in [0.2, 0.25) is 5.91 Å². The second-order valence-electron chi connectivity index (χ2n) is 3.60. The van der Waals surface area contributed by atoms with Crippen molar-refractivity contribution in [2.24, 2.45) is 0 Å². The molecule has 86 valence electrons. The average molecular weight is 219 g/mol. The third-order valence-corrected chi connectivity index (χ3v) is 2.29. The molecule has 0 N–H and O–H groups in total. The monoisotopic (exact) mass is 219 g/mol. The molecule has 0 fully saturated rings. The van der Waals surface area contributed by atoms with Crippen LogP contribution < -0.4 is 0 Å². The highest BCUT2D eigenvalue weighted by molar-refractivity contribution is 5.76. The van der Waals surface area contributed by atoms with E-state index >= 15 is 0 Å². The van der Waals surface area contributed by atoms with Gasteiger partial charge >= 0.3 is 0 Å². The number of rotatable bonds is 6. The van der Waals surface area contributed by atoms with Gasteiger partial charge in [-0.1, -0.05) is 12.8 Å². The van der Waals surface area contributed by atoms with Crippen LogP contribution in [0.3, 0.4) is 0 Å². The zero-order valence-electron chi connectivity index (χ0n) is 9.61. The molecule has 0 atom stereocenters. The van der Waals surface area contributed by atoms with Crippen molar-refractivity contribution in [1.82, 2.24) is 4.90 Å². The molecule has 0 spiro atoms. The number of nitrogens with zero attached hydrogens (tertiary/aromatic N) is 1. The van der Waals surface area contributed by atoms with E-state index in [1.165, 1.54) is 0 Å². The maximum atomic E-state index is 11.8. The Morgan fingerprint density at radius 3 is 3.00 bits per heavy atom. The molecule has 0 saturated heterocycles. The lowest BCUT2D eigenvalue weighted by Gasteiger charge is -2.18. The lowest BCUT2D eigenvalue weighted by atomic mass is 10.2. The Labute approximate surface area is 96.4 Å².